The molecule has 8 rings (SSSR count). The number of guanidine groups is 1. The summed E-state index contributed by atoms with van der Waals surface area (Å²) in [5, 5.41) is 10.1. The van der Waals surface area contributed by atoms with Crippen molar-refractivity contribution >= 4 is 79.6 Å². The van der Waals surface area contributed by atoms with Crippen LogP contribution in [0.2, 0.25) is 0 Å². The number of fused-ring (bicyclic) bond motifs is 4. The third-order valence-electron chi connectivity index (χ3n) is 13.2. The summed E-state index contributed by atoms with van der Waals surface area (Å²) >= 11 is 1.51. The van der Waals surface area contributed by atoms with Gasteiger partial charge in [0.1, 0.15) is 29.8 Å². The van der Waals surface area contributed by atoms with Crippen molar-refractivity contribution in [3.8, 4) is 0 Å². The first-order valence-corrected chi connectivity index (χ1v) is 23.9. The van der Waals surface area contributed by atoms with Crippen molar-refractivity contribution in [2.24, 2.45) is 28.1 Å². The summed E-state index contributed by atoms with van der Waals surface area (Å²) in [6, 6.07) is 16.9. The van der Waals surface area contributed by atoms with E-state index in [1.54, 1.807) is 17.0 Å². The van der Waals surface area contributed by atoms with E-state index in [2.05, 4.69) is 20.9 Å². The van der Waals surface area contributed by atoms with Gasteiger partial charge in [-0.1, -0.05) is 49.2 Å². The summed E-state index contributed by atoms with van der Waals surface area (Å²) in [5.74, 6) is -3.02. The van der Waals surface area contributed by atoms with Crippen molar-refractivity contribution in [1.82, 2.24) is 25.4 Å². The number of aromatic nitrogens is 1. The minimum Gasteiger partial charge on any atom is -0.423 e. The van der Waals surface area contributed by atoms with Crippen molar-refractivity contribution in [1.29, 1.82) is 0 Å². The van der Waals surface area contributed by atoms with Crippen molar-refractivity contribution in [2.45, 2.75) is 114 Å². The molecule has 4 heterocycles. The Hall–Kier alpha value is -7.15. The first-order chi connectivity index (χ1) is 32.7. The van der Waals surface area contributed by atoms with Gasteiger partial charge in [-0.15, -0.1) is 11.3 Å². The maximum absolute atomic E-state index is 15.3. The number of para-hydroxylation sites is 1. The minimum atomic E-state index is -1.12. The predicted molar refractivity (Wildman–Crippen MR) is 257 cm³/mol. The zero-order valence-electron chi connectivity index (χ0n) is 37.8. The Morgan fingerprint density at radius 1 is 0.882 bits per heavy atom. The first kappa shape index (κ1) is 47.3. The van der Waals surface area contributed by atoms with Crippen molar-refractivity contribution in [3.63, 3.8) is 0 Å². The summed E-state index contributed by atoms with van der Waals surface area (Å²) in [6.45, 7) is 1.86. The van der Waals surface area contributed by atoms with Crippen molar-refractivity contribution in [2.75, 3.05) is 11.9 Å². The zero-order chi connectivity index (χ0) is 48.1. The largest absolute Gasteiger partial charge is 0.423 e. The number of aliphatic imine (C=N–C) groups is 1. The molecule has 356 valence electrons. The van der Waals surface area contributed by atoms with Gasteiger partial charge >= 0.3 is 5.63 Å². The molecule has 5 aromatic rings. The van der Waals surface area contributed by atoms with E-state index in [9.17, 15) is 28.8 Å². The maximum Gasteiger partial charge on any atom is 0.336 e. The standard InChI is InChI=1S/C49H56N10O8S/c1-27(60)58-26-30-11-3-2-9-28(30)21-38(58)46(64)57-36(18-19-43-55-34-12-5-7-15-41(34)68-43)48(66)59-37-14-6-4-10-29(37)22-39(59)47(65)56-35(13-8-20-53-49(51)52)45(63)54-32-16-17-33-31(23-42(50)61)24-44(62)67-40(33)25-32/h2-3,5,7,9,11-12,15-17,24-25,29,35-39H,4,6,8,10,13-14,18-23,26H2,1H3,(H2,50,61)(H,54,63)(H,56,65)(H,57,64)(H4,51,52,53)/t29?,35-,36?,37?,38-,39-/m0/s1. The average Bonchev–Trinajstić information content (AvgIpc) is 3.92. The lowest BCUT2D eigenvalue weighted by Gasteiger charge is -2.38. The predicted octanol–water partition coefficient (Wildman–Crippen LogP) is 3.16. The lowest BCUT2D eigenvalue weighted by atomic mass is 9.84. The van der Waals surface area contributed by atoms with Gasteiger partial charge in [-0.25, -0.2) is 9.78 Å². The number of amides is 6. The van der Waals surface area contributed by atoms with Gasteiger partial charge in [0.05, 0.1) is 21.6 Å². The number of anilines is 1. The molecule has 0 spiro atoms. The van der Waals surface area contributed by atoms with E-state index in [-0.39, 0.29) is 73.9 Å². The van der Waals surface area contributed by atoms with E-state index in [0.29, 0.717) is 36.6 Å². The second-order valence-electron chi connectivity index (χ2n) is 17.9. The van der Waals surface area contributed by atoms with Gasteiger partial charge in [-0.3, -0.25) is 33.8 Å². The number of likely N-dealkylation sites (tertiary alicyclic amines) is 1. The number of rotatable bonds is 16. The van der Waals surface area contributed by atoms with Crippen molar-refractivity contribution < 1.29 is 33.2 Å². The number of hydrogen-bond acceptors (Lipinski definition) is 11. The molecule has 1 saturated carbocycles. The van der Waals surface area contributed by atoms with Crippen LogP contribution in [-0.4, -0.2) is 92.9 Å². The molecular weight excluding hydrogens is 889 g/mol. The monoisotopic (exact) mass is 944 g/mol. The van der Waals surface area contributed by atoms with Gasteiger partial charge in [-0.05, 0) is 85.4 Å². The molecule has 2 aromatic heterocycles. The molecule has 9 N–H and O–H groups in total. The van der Waals surface area contributed by atoms with Crippen LogP contribution in [0.15, 0.2) is 87.0 Å². The second kappa shape index (κ2) is 20.8. The Morgan fingerprint density at radius 3 is 2.38 bits per heavy atom. The topological polar surface area (TPSA) is 279 Å². The molecule has 2 fully saturated rings. The van der Waals surface area contributed by atoms with Crippen LogP contribution in [0.25, 0.3) is 21.2 Å². The Bertz CT molecular complexity index is 2810. The van der Waals surface area contributed by atoms with Gasteiger partial charge in [0.25, 0.3) is 0 Å². The van der Waals surface area contributed by atoms with E-state index in [1.807, 2.05) is 48.5 Å². The van der Waals surface area contributed by atoms with Crippen molar-refractivity contribution in [3.05, 3.63) is 105 Å². The fourth-order valence-corrected chi connectivity index (χ4v) is 11.0. The number of nitrogens with zero attached hydrogens (tertiary/aromatic N) is 4. The number of benzene rings is 3. The van der Waals surface area contributed by atoms with E-state index in [4.69, 9.17) is 26.6 Å². The molecule has 1 saturated heterocycles. The number of nitrogens with two attached hydrogens (primary N) is 3. The Morgan fingerprint density at radius 2 is 1.62 bits per heavy atom. The Labute approximate surface area is 396 Å². The van der Waals surface area contributed by atoms with Gasteiger partial charge in [0.15, 0.2) is 5.96 Å². The van der Waals surface area contributed by atoms with Gasteiger partial charge in [0.2, 0.25) is 35.4 Å². The van der Waals surface area contributed by atoms with E-state index >= 15 is 4.79 Å². The molecule has 3 aliphatic rings. The smallest absolute Gasteiger partial charge is 0.336 e. The molecule has 19 heteroatoms. The summed E-state index contributed by atoms with van der Waals surface area (Å²) < 4.78 is 6.39. The molecule has 2 aliphatic heterocycles. The number of primary amides is 1. The summed E-state index contributed by atoms with van der Waals surface area (Å²) in [4.78, 5) is 108. The van der Waals surface area contributed by atoms with Gasteiger partial charge < -0.3 is 47.4 Å². The van der Waals surface area contributed by atoms with E-state index in [0.717, 1.165) is 45.6 Å². The quantitative estimate of drug-likeness (QED) is 0.0362. The molecule has 1 aliphatic carbocycles. The van der Waals surface area contributed by atoms with Crippen LogP contribution in [-0.2, 0) is 54.6 Å². The molecule has 0 bridgehead atoms. The summed E-state index contributed by atoms with van der Waals surface area (Å²) in [6.07, 6.45) is 4.66. The van der Waals surface area contributed by atoms with Crippen LogP contribution in [0, 0.1) is 5.92 Å². The number of nitrogens with one attached hydrogen (secondary N) is 3. The van der Waals surface area contributed by atoms with Crippen LogP contribution in [0.5, 0.6) is 0 Å². The van der Waals surface area contributed by atoms with Crippen LogP contribution < -0.4 is 38.8 Å². The normalized spacial score (nSPS) is 19.6. The lowest BCUT2D eigenvalue weighted by molar-refractivity contribution is -0.146. The first-order valence-electron chi connectivity index (χ1n) is 23.0. The third-order valence-corrected chi connectivity index (χ3v) is 14.3. The molecule has 3 unspecified atom stereocenters. The van der Waals surface area contributed by atoms with E-state index < -0.39 is 59.3 Å². The molecule has 3 aromatic carbocycles. The third kappa shape index (κ3) is 10.8. The molecule has 6 amide bonds. The van der Waals surface area contributed by atoms with Gasteiger partial charge in [0, 0.05) is 62.1 Å². The van der Waals surface area contributed by atoms with Crippen LogP contribution in [0.1, 0.15) is 80.0 Å². The van der Waals surface area contributed by atoms with Crippen LogP contribution in [0.3, 0.4) is 0 Å². The summed E-state index contributed by atoms with van der Waals surface area (Å²) in [5.41, 5.74) is 19.3. The highest BCUT2D eigenvalue weighted by Gasteiger charge is 2.50. The number of carbonyl (C=O) groups is 6. The minimum absolute atomic E-state index is 0.00738. The zero-order valence-corrected chi connectivity index (χ0v) is 38.6. The molecule has 6 atom stereocenters. The van der Waals surface area contributed by atoms with E-state index in [1.165, 1.54) is 35.3 Å². The molecular formula is C49H56N10O8S. The Balaban J connectivity index is 1.07. The van der Waals surface area contributed by atoms with Gasteiger partial charge in [-0.2, -0.15) is 0 Å². The maximum atomic E-state index is 15.3. The number of thiazole rings is 1. The number of carbonyl (C=O) groups excluding carboxylic acids is 6. The van der Waals surface area contributed by atoms with Crippen LogP contribution >= 0.6 is 11.3 Å². The molecule has 18 nitrogen and oxygen atoms in total. The highest BCUT2D eigenvalue weighted by molar-refractivity contribution is 7.18. The SMILES string of the molecule is CC(=O)N1Cc2ccccc2C[C@H]1C(=O)NC(CCc1nc2ccccc2s1)C(=O)N1C2CCCCC2C[C@H]1C(=O)N[C@@H](CCCN=C(N)N)C(=O)Nc1ccc2c(CC(N)=O)cc(=O)oc2c1. The number of aryl methyl sites for hydroxylation is 1. The number of hydrogen-bond donors (Lipinski definition) is 6. The average molecular weight is 945 g/mol. The summed E-state index contributed by atoms with van der Waals surface area (Å²) in [7, 11) is 0. The molecule has 0 radical (unpaired) electrons. The second-order valence-corrected chi connectivity index (χ2v) is 19.0. The molecule has 68 heavy (non-hydrogen) atoms. The lowest BCUT2D eigenvalue weighted by Crippen LogP contribution is -2.60. The fraction of sp³-hybridized carbons (Fsp3) is 0.408. The highest BCUT2D eigenvalue weighted by atomic mass is 32.1. The highest BCUT2D eigenvalue weighted by Crippen LogP contribution is 2.41. The fourth-order valence-electron chi connectivity index (χ4n) is 10.0. The van der Waals surface area contributed by atoms with Crippen LogP contribution in [0.4, 0.5) is 5.69 Å². The Kier molecular flexibility index (Phi) is 14.5.